The highest BCUT2D eigenvalue weighted by Gasteiger charge is 2.17. The molecule has 0 unspecified atom stereocenters. The molecule has 3 rings (SSSR count). The summed E-state index contributed by atoms with van der Waals surface area (Å²) >= 11 is 2.99. The summed E-state index contributed by atoms with van der Waals surface area (Å²) in [5, 5.41) is 11.7. The lowest BCUT2D eigenvalue weighted by molar-refractivity contribution is -0.116. The molecule has 0 spiro atoms. The summed E-state index contributed by atoms with van der Waals surface area (Å²) in [7, 11) is 0. The number of hydrogen-bond acceptors (Lipinski definition) is 6. The molecular weight excluding hydrogens is 364 g/mol. The first-order chi connectivity index (χ1) is 12.6. The fourth-order valence-electron chi connectivity index (χ4n) is 2.74. The number of amides is 1. The summed E-state index contributed by atoms with van der Waals surface area (Å²) in [4.78, 5) is 23.1. The lowest BCUT2D eigenvalue weighted by Crippen LogP contribution is -2.33. The molecule has 0 aliphatic rings. The number of fused-ring (bicyclic) bond motifs is 1. The largest absolute Gasteiger partial charge is 0.311 e. The molecule has 2 aromatic heterocycles. The van der Waals surface area contributed by atoms with Gasteiger partial charge >= 0.3 is 0 Å². The van der Waals surface area contributed by atoms with Crippen molar-refractivity contribution >= 4 is 44.9 Å². The molecule has 26 heavy (non-hydrogen) atoms. The van der Waals surface area contributed by atoms with E-state index in [1.165, 1.54) is 18.1 Å². The zero-order valence-electron chi connectivity index (χ0n) is 14.6. The van der Waals surface area contributed by atoms with Crippen LogP contribution in [0.4, 0.5) is 5.69 Å². The van der Waals surface area contributed by atoms with E-state index in [0.29, 0.717) is 13.0 Å². The van der Waals surface area contributed by atoms with Crippen LogP contribution in [-0.4, -0.2) is 28.2 Å². The van der Waals surface area contributed by atoms with Crippen molar-refractivity contribution in [2.75, 3.05) is 17.2 Å². The van der Waals surface area contributed by atoms with Crippen molar-refractivity contribution < 1.29 is 4.79 Å². The van der Waals surface area contributed by atoms with E-state index >= 15 is 0 Å². The number of benzene rings is 1. The number of aromatic nitrogens is 2. The lowest BCUT2D eigenvalue weighted by atomic mass is 10.1. The van der Waals surface area contributed by atoms with Crippen LogP contribution in [0.15, 0.2) is 41.0 Å². The van der Waals surface area contributed by atoms with Gasteiger partial charge in [-0.15, -0.1) is 11.3 Å². The van der Waals surface area contributed by atoms with Gasteiger partial charge < -0.3 is 4.90 Å². The molecule has 0 radical (unpaired) electrons. The SMILES string of the molecule is Cc1cc(C)cc(N(CCC#N)C(=O)CSc2ncnc3ccsc23)c1. The van der Waals surface area contributed by atoms with Crippen LogP contribution in [0.5, 0.6) is 0 Å². The first-order valence-corrected chi connectivity index (χ1v) is 10.0. The van der Waals surface area contributed by atoms with Gasteiger partial charge in [-0.05, 0) is 48.6 Å². The fraction of sp³-hybridized carbons (Fsp3) is 0.263. The molecule has 0 N–H and O–H groups in total. The summed E-state index contributed by atoms with van der Waals surface area (Å²) < 4.78 is 1.00. The third-order valence-corrected chi connectivity index (χ3v) is 5.82. The first kappa shape index (κ1) is 18.4. The number of thiophene rings is 1. The van der Waals surface area contributed by atoms with Crippen LogP contribution >= 0.6 is 23.1 Å². The Morgan fingerprint density at radius 2 is 2.04 bits per heavy atom. The molecule has 0 fully saturated rings. The van der Waals surface area contributed by atoms with E-state index in [-0.39, 0.29) is 11.7 Å². The summed E-state index contributed by atoms with van der Waals surface area (Å²) in [5.74, 6) is 0.237. The third-order valence-electron chi connectivity index (χ3n) is 3.81. The van der Waals surface area contributed by atoms with E-state index in [0.717, 1.165) is 32.1 Å². The van der Waals surface area contributed by atoms with Crippen molar-refractivity contribution in [1.82, 2.24) is 9.97 Å². The molecule has 1 aromatic carbocycles. The standard InChI is InChI=1S/C19H18N4OS2/c1-13-8-14(2)10-15(9-13)23(6-3-5-20)17(24)11-26-19-18-16(4-7-25-18)21-12-22-19/h4,7-10,12H,3,6,11H2,1-2H3. The fourth-order valence-corrected chi connectivity index (χ4v) is 4.57. The Morgan fingerprint density at radius 1 is 1.27 bits per heavy atom. The van der Waals surface area contributed by atoms with Crippen LogP contribution in [0.1, 0.15) is 17.5 Å². The van der Waals surface area contributed by atoms with Crippen LogP contribution < -0.4 is 4.90 Å². The van der Waals surface area contributed by atoms with Gasteiger partial charge in [0.2, 0.25) is 5.91 Å². The molecular formula is C19H18N4OS2. The molecule has 0 bridgehead atoms. The van der Waals surface area contributed by atoms with Gasteiger partial charge in [0.1, 0.15) is 11.4 Å². The summed E-state index contributed by atoms with van der Waals surface area (Å²) in [6.07, 6.45) is 1.82. The number of carbonyl (C=O) groups is 1. The number of carbonyl (C=O) groups excluding carboxylic acids is 1. The van der Waals surface area contributed by atoms with E-state index in [2.05, 4.69) is 22.1 Å². The van der Waals surface area contributed by atoms with Gasteiger partial charge in [0.25, 0.3) is 0 Å². The summed E-state index contributed by atoms with van der Waals surface area (Å²) in [6, 6.07) is 10.1. The van der Waals surface area contributed by atoms with Crippen LogP contribution in [-0.2, 0) is 4.79 Å². The van der Waals surface area contributed by atoms with Crippen LogP contribution in [0.25, 0.3) is 10.2 Å². The van der Waals surface area contributed by atoms with Gasteiger partial charge in [-0.25, -0.2) is 9.97 Å². The van der Waals surface area contributed by atoms with Gasteiger partial charge in [0.15, 0.2) is 0 Å². The van der Waals surface area contributed by atoms with Gasteiger partial charge in [-0.1, -0.05) is 17.8 Å². The summed E-state index contributed by atoms with van der Waals surface area (Å²) in [5.41, 5.74) is 3.93. The van der Waals surface area contributed by atoms with Gasteiger partial charge in [-0.2, -0.15) is 5.26 Å². The monoisotopic (exact) mass is 382 g/mol. The van der Waals surface area contributed by atoms with Gasteiger partial charge in [-0.3, -0.25) is 4.79 Å². The van der Waals surface area contributed by atoms with Crippen molar-refractivity contribution in [2.24, 2.45) is 0 Å². The predicted octanol–water partition coefficient (Wildman–Crippen LogP) is 4.35. The number of nitrogens with zero attached hydrogens (tertiary/aromatic N) is 4. The summed E-state index contributed by atoms with van der Waals surface area (Å²) in [6.45, 7) is 4.40. The predicted molar refractivity (Wildman–Crippen MR) is 107 cm³/mol. The Morgan fingerprint density at radius 3 is 2.77 bits per heavy atom. The first-order valence-electron chi connectivity index (χ1n) is 8.15. The third kappa shape index (κ3) is 4.21. The van der Waals surface area contributed by atoms with Crippen LogP contribution in [0, 0.1) is 25.2 Å². The number of anilines is 1. The highest BCUT2D eigenvalue weighted by molar-refractivity contribution is 8.00. The van der Waals surface area contributed by atoms with Gasteiger partial charge in [0.05, 0.1) is 28.5 Å². The molecule has 0 aliphatic carbocycles. The quantitative estimate of drug-likeness (QED) is 0.468. The smallest absolute Gasteiger partial charge is 0.237 e. The number of nitriles is 1. The van der Waals surface area contributed by atoms with Crippen molar-refractivity contribution in [1.29, 1.82) is 5.26 Å². The van der Waals surface area contributed by atoms with Gasteiger partial charge in [0, 0.05) is 12.2 Å². The maximum atomic E-state index is 12.9. The van der Waals surface area contributed by atoms with Crippen molar-refractivity contribution in [3.63, 3.8) is 0 Å². The topological polar surface area (TPSA) is 69.9 Å². The average molecular weight is 383 g/mol. The second kappa shape index (κ2) is 8.30. The van der Waals surface area contributed by atoms with E-state index in [1.54, 1.807) is 16.2 Å². The molecule has 0 aliphatic heterocycles. The maximum absolute atomic E-state index is 12.9. The second-order valence-corrected chi connectivity index (χ2v) is 7.78. The second-order valence-electron chi connectivity index (χ2n) is 5.90. The Balaban J connectivity index is 1.79. The zero-order valence-corrected chi connectivity index (χ0v) is 16.2. The molecule has 0 saturated heterocycles. The molecule has 0 atom stereocenters. The Labute approximate surface area is 160 Å². The minimum atomic E-state index is -0.0291. The van der Waals surface area contributed by atoms with E-state index in [9.17, 15) is 4.79 Å². The normalized spacial score (nSPS) is 10.7. The number of aryl methyl sites for hydroxylation is 2. The number of hydrogen-bond donors (Lipinski definition) is 0. The minimum absolute atomic E-state index is 0.0291. The van der Waals surface area contributed by atoms with E-state index in [4.69, 9.17) is 5.26 Å². The highest BCUT2D eigenvalue weighted by Crippen LogP contribution is 2.29. The van der Waals surface area contributed by atoms with Crippen LogP contribution in [0.2, 0.25) is 0 Å². The number of thioether (sulfide) groups is 1. The molecule has 5 nitrogen and oxygen atoms in total. The van der Waals surface area contributed by atoms with E-state index < -0.39 is 0 Å². The molecule has 132 valence electrons. The Hall–Kier alpha value is -2.43. The molecule has 7 heteroatoms. The molecule has 1 amide bonds. The highest BCUT2D eigenvalue weighted by atomic mass is 32.2. The molecule has 2 heterocycles. The Bertz CT molecular complexity index is 957. The van der Waals surface area contributed by atoms with E-state index in [1.807, 2.05) is 37.4 Å². The van der Waals surface area contributed by atoms with Crippen molar-refractivity contribution in [3.8, 4) is 6.07 Å². The van der Waals surface area contributed by atoms with Crippen molar-refractivity contribution in [2.45, 2.75) is 25.3 Å². The van der Waals surface area contributed by atoms with Crippen molar-refractivity contribution in [3.05, 3.63) is 47.1 Å². The number of rotatable bonds is 6. The lowest BCUT2D eigenvalue weighted by Gasteiger charge is -2.22. The minimum Gasteiger partial charge on any atom is -0.311 e. The average Bonchev–Trinajstić information content (AvgIpc) is 3.08. The molecule has 3 aromatic rings. The zero-order chi connectivity index (χ0) is 18.5. The Kier molecular flexibility index (Phi) is 5.86. The maximum Gasteiger partial charge on any atom is 0.237 e. The van der Waals surface area contributed by atoms with Crippen LogP contribution in [0.3, 0.4) is 0 Å². The molecule has 0 saturated carbocycles.